The molecule has 1 aromatic heterocycles. The number of carboxylic acids is 1. The molecule has 4 N–H and O–H groups in total. The van der Waals surface area contributed by atoms with Gasteiger partial charge in [0.2, 0.25) is 5.91 Å². The van der Waals surface area contributed by atoms with Crippen LogP contribution in [0.3, 0.4) is 0 Å². The van der Waals surface area contributed by atoms with Crippen LogP contribution >= 0.6 is 0 Å². The van der Waals surface area contributed by atoms with E-state index in [1.807, 2.05) is 64.5 Å². The van der Waals surface area contributed by atoms with Gasteiger partial charge in [-0.25, -0.2) is 4.79 Å². The number of H-pyrrole nitrogens is 1. The lowest BCUT2D eigenvalue weighted by molar-refractivity contribution is -0.192. The summed E-state index contributed by atoms with van der Waals surface area (Å²) in [7, 11) is 0. The number of fused-ring (bicyclic) bond motifs is 1. The van der Waals surface area contributed by atoms with Crippen LogP contribution < -0.4 is 5.32 Å². The first-order valence-corrected chi connectivity index (χ1v) is 21.0. The number of benzene rings is 4. The van der Waals surface area contributed by atoms with Crippen LogP contribution in [-0.2, 0) is 29.0 Å². The van der Waals surface area contributed by atoms with Crippen molar-refractivity contribution in [2.45, 2.75) is 76.9 Å². The maximum atomic E-state index is 13.8. The van der Waals surface area contributed by atoms with E-state index in [2.05, 4.69) is 46.7 Å². The average molecular weight is 825 g/mol. The number of piperidine rings is 2. The molecule has 0 saturated carbocycles. The second kappa shape index (κ2) is 21.1. The number of halogens is 3. The van der Waals surface area contributed by atoms with E-state index in [0.717, 1.165) is 82.1 Å². The molecule has 4 aromatic carbocycles. The number of likely N-dealkylation sites (tertiary alicyclic amines) is 1. The first kappa shape index (κ1) is 43.9. The van der Waals surface area contributed by atoms with Gasteiger partial charge in [0.15, 0.2) is 0 Å². The zero-order chi connectivity index (χ0) is 42.5. The molecule has 5 aromatic rings. The number of hydrogen-bond donors (Lipinski definition) is 4. The number of aromatic hydroxyl groups is 1. The molecule has 318 valence electrons. The minimum atomic E-state index is -5.08. The second-order valence-electron chi connectivity index (χ2n) is 16.0. The minimum Gasteiger partial charge on any atom is -0.508 e. The molecule has 0 bridgehead atoms. The van der Waals surface area contributed by atoms with Gasteiger partial charge in [0.1, 0.15) is 5.75 Å². The van der Waals surface area contributed by atoms with Crippen LogP contribution in [0.5, 0.6) is 5.75 Å². The Bertz CT molecular complexity index is 2170. The van der Waals surface area contributed by atoms with Gasteiger partial charge in [-0.05, 0) is 128 Å². The van der Waals surface area contributed by atoms with Crippen molar-refractivity contribution in [1.29, 1.82) is 0 Å². The van der Waals surface area contributed by atoms with E-state index in [9.17, 15) is 27.9 Å². The smallest absolute Gasteiger partial charge is 0.490 e. The summed E-state index contributed by atoms with van der Waals surface area (Å²) >= 11 is 0. The third kappa shape index (κ3) is 12.7. The van der Waals surface area contributed by atoms with E-state index < -0.39 is 12.1 Å². The first-order valence-electron chi connectivity index (χ1n) is 21.0. The molecule has 12 heteroatoms. The lowest BCUT2D eigenvalue weighted by atomic mass is 9.87. The lowest BCUT2D eigenvalue weighted by Gasteiger charge is -2.32. The van der Waals surface area contributed by atoms with Gasteiger partial charge in [0.25, 0.3) is 5.91 Å². The highest BCUT2D eigenvalue weighted by molar-refractivity contribution is 5.95. The molecule has 0 unspecified atom stereocenters. The number of amides is 2. The van der Waals surface area contributed by atoms with Crippen molar-refractivity contribution in [1.82, 2.24) is 20.1 Å². The Balaban J connectivity index is 0.000000793. The fourth-order valence-corrected chi connectivity index (χ4v) is 8.33. The van der Waals surface area contributed by atoms with Crippen molar-refractivity contribution in [2.24, 2.45) is 11.8 Å². The summed E-state index contributed by atoms with van der Waals surface area (Å²) in [6.07, 6.45) is 7.52. The number of aliphatic carboxylic acids is 1. The van der Waals surface area contributed by atoms with Gasteiger partial charge in [-0.2, -0.15) is 13.2 Å². The van der Waals surface area contributed by atoms with Crippen molar-refractivity contribution < 1.29 is 37.8 Å². The van der Waals surface area contributed by atoms with Gasteiger partial charge in [0, 0.05) is 55.3 Å². The van der Waals surface area contributed by atoms with Crippen molar-refractivity contribution in [3.63, 3.8) is 0 Å². The van der Waals surface area contributed by atoms with Crippen LogP contribution in [0.15, 0.2) is 103 Å². The molecule has 2 saturated heterocycles. The number of alkyl halides is 3. The molecule has 0 atom stereocenters. The van der Waals surface area contributed by atoms with E-state index in [-0.39, 0.29) is 17.6 Å². The van der Waals surface area contributed by atoms with E-state index in [0.29, 0.717) is 32.4 Å². The standard InChI is InChI=1S/C46H54N4O3.C2HF3O2/c51-42-17-14-36(15-18-42)24-29-50(45(52)19-16-41-32-48-44-13-2-1-12-43(41)44)33-37-8-4-9-38(30-37)39-10-5-11-40(31-39)46(53)49-27-22-35(23-28-49)7-3-6-34-20-25-47-26-21-34;3-2(4,5)1(6)7/h1-2,4-5,8-15,17-18,30-32,34-35,47-48,51H,3,6-7,16,19-29,33H2;(H,6,7). The highest BCUT2D eigenvalue weighted by Crippen LogP contribution is 2.29. The predicted molar refractivity (Wildman–Crippen MR) is 227 cm³/mol. The fourth-order valence-electron chi connectivity index (χ4n) is 8.33. The van der Waals surface area contributed by atoms with E-state index >= 15 is 0 Å². The maximum absolute atomic E-state index is 13.8. The molecule has 2 fully saturated rings. The number of nitrogens with zero attached hydrogens (tertiary/aromatic N) is 2. The van der Waals surface area contributed by atoms with Crippen LogP contribution in [0, 0.1) is 11.8 Å². The number of nitrogens with one attached hydrogen (secondary N) is 2. The van der Waals surface area contributed by atoms with Crippen LogP contribution in [0.4, 0.5) is 13.2 Å². The Hall–Kier alpha value is -5.62. The molecule has 7 rings (SSSR count). The van der Waals surface area contributed by atoms with Crippen molar-refractivity contribution in [2.75, 3.05) is 32.7 Å². The molecule has 2 amide bonds. The molecule has 60 heavy (non-hydrogen) atoms. The quantitative estimate of drug-likeness (QED) is 0.0885. The molecular formula is C48H55F3N4O5. The summed E-state index contributed by atoms with van der Waals surface area (Å²) < 4.78 is 31.7. The number of aryl methyl sites for hydroxylation is 1. The monoisotopic (exact) mass is 824 g/mol. The molecule has 0 aliphatic carbocycles. The zero-order valence-electron chi connectivity index (χ0n) is 33.9. The largest absolute Gasteiger partial charge is 0.508 e. The molecule has 2 aliphatic heterocycles. The van der Waals surface area contributed by atoms with Gasteiger partial charge >= 0.3 is 12.1 Å². The molecule has 0 radical (unpaired) electrons. The summed E-state index contributed by atoms with van der Waals surface area (Å²) in [4.78, 5) is 43.8. The minimum absolute atomic E-state index is 0.109. The van der Waals surface area contributed by atoms with Crippen LogP contribution in [0.2, 0.25) is 0 Å². The van der Waals surface area contributed by atoms with Gasteiger partial charge in [-0.3, -0.25) is 9.59 Å². The number of carbonyl (C=O) groups is 3. The number of para-hydroxylation sites is 1. The third-order valence-corrected chi connectivity index (χ3v) is 11.8. The summed E-state index contributed by atoms with van der Waals surface area (Å²) in [5.74, 6) is -0.662. The third-order valence-electron chi connectivity index (χ3n) is 11.8. The Morgan fingerprint density at radius 2 is 1.42 bits per heavy atom. The Labute approximate surface area is 349 Å². The number of carboxylic acid groups (broad SMARTS) is 1. The summed E-state index contributed by atoms with van der Waals surface area (Å²) in [5, 5.41) is 21.5. The van der Waals surface area contributed by atoms with Crippen molar-refractivity contribution in [3.8, 4) is 16.9 Å². The number of phenols is 1. The molecule has 3 heterocycles. The second-order valence-corrected chi connectivity index (χ2v) is 16.0. The van der Waals surface area contributed by atoms with Gasteiger partial charge < -0.3 is 30.3 Å². The van der Waals surface area contributed by atoms with Crippen LogP contribution in [-0.4, -0.2) is 81.7 Å². The summed E-state index contributed by atoms with van der Waals surface area (Å²) in [6, 6.07) is 31.8. The van der Waals surface area contributed by atoms with Crippen molar-refractivity contribution in [3.05, 3.63) is 126 Å². The topological polar surface area (TPSA) is 126 Å². The molecule has 2 aliphatic rings. The Morgan fingerprint density at radius 1 is 0.767 bits per heavy atom. The van der Waals surface area contributed by atoms with E-state index in [1.54, 1.807) is 12.1 Å². The van der Waals surface area contributed by atoms with E-state index in [4.69, 9.17) is 9.90 Å². The van der Waals surface area contributed by atoms with Gasteiger partial charge in [-0.1, -0.05) is 79.9 Å². The Morgan fingerprint density at radius 3 is 2.12 bits per heavy atom. The molecule has 0 spiro atoms. The first-order chi connectivity index (χ1) is 28.9. The Kier molecular flexibility index (Phi) is 15.4. The predicted octanol–water partition coefficient (Wildman–Crippen LogP) is 9.40. The highest BCUT2D eigenvalue weighted by Gasteiger charge is 2.38. The highest BCUT2D eigenvalue weighted by atomic mass is 19.4. The summed E-state index contributed by atoms with van der Waals surface area (Å²) in [6.45, 7) is 5.09. The van der Waals surface area contributed by atoms with Crippen molar-refractivity contribution >= 4 is 28.7 Å². The fraction of sp³-hybridized carbons (Fsp3) is 0.396. The number of phenolic OH excluding ortho intramolecular Hbond substituents is 1. The summed E-state index contributed by atoms with van der Waals surface area (Å²) in [5.41, 5.74) is 7.13. The number of carbonyl (C=O) groups excluding carboxylic acids is 2. The van der Waals surface area contributed by atoms with Crippen LogP contribution in [0.25, 0.3) is 22.0 Å². The zero-order valence-corrected chi connectivity index (χ0v) is 33.9. The number of aromatic amines is 1. The van der Waals surface area contributed by atoms with E-state index in [1.165, 1.54) is 45.2 Å². The number of hydrogen-bond acceptors (Lipinski definition) is 5. The normalized spacial score (nSPS) is 15.0. The van der Waals surface area contributed by atoms with Gasteiger partial charge in [0.05, 0.1) is 0 Å². The van der Waals surface area contributed by atoms with Crippen LogP contribution in [0.1, 0.15) is 78.4 Å². The molecular weight excluding hydrogens is 770 g/mol. The lowest BCUT2D eigenvalue weighted by Crippen LogP contribution is -2.38. The SMILES string of the molecule is O=C(CCc1c[nH]c2ccccc12)N(CCc1ccc(O)cc1)Cc1cccc(-c2cccc(C(=O)N3CCC(CCCC4CCNCC4)CC3)c2)c1.O=C(O)C(F)(F)F. The maximum Gasteiger partial charge on any atom is 0.490 e. The average Bonchev–Trinajstić information content (AvgIpc) is 3.68. The van der Waals surface area contributed by atoms with Gasteiger partial charge in [-0.15, -0.1) is 0 Å². The number of rotatable bonds is 14. The number of aromatic nitrogens is 1. The molecule has 9 nitrogen and oxygen atoms in total.